The molecule has 0 spiro atoms. The number of hydrogen-bond donors (Lipinski definition) is 1. The van der Waals surface area contributed by atoms with Crippen LogP contribution in [-0.2, 0) is 6.42 Å². The molecule has 0 aliphatic carbocycles. The van der Waals surface area contributed by atoms with Gasteiger partial charge in [-0.2, -0.15) is 11.3 Å². The Bertz CT molecular complexity index is 769. The summed E-state index contributed by atoms with van der Waals surface area (Å²) in [7, 11) is 0. The molecule has 4 rings (SSSR count). The van der Waals surface area contributed by atoms with Crippen LogP contribution in [0.5, 0.6) is 0 Å². The third-order valence-electron chi connectivity index (χ3n) is 4.15. The lowest BCUT2D eigenvalue weighted by atomic mass is 9.92. The molecule has 1 saturated heterocycles. The lowest BCUT2D eigenvalue weighted by Gasteiger charge is -2.39. The van der Waals surface area contributed by atoms with Gasteiger partial charge in [0.15, 0.2) is 0 Å². The summed E-state index contributed by atoms with van der Waals surface area (Å²) >= 11 is 1.74. The monoisotopic (exact) mass is 296 g/mol. The predicted octanol–water partition coefficient (Wildman–Crippen LogP) is 3.54. The highest BCUT2D eigenvalue weighted by molar-refractivity contribution is 7.07. The fourth-order valence-electron chi connectivity index (χ4n) is 2.97. The molecule has 1 N–H and O–H groups in total. The van der Waals surface area contributed by atoms with Crippen molar-refractivity contribution in [2.45, 2.75) is 6.42 Å². The molecular formula is C17H16N2OS. The van der Waals surface area contributed by atoms with Gasteiger partial charge in [0, 0.05) is 30.4 Å². The van der Waals surface area contributed by atoms with Crippen LogP contribution in [0.15, 0.2) is 47.3 Å². The van der Waals surface area contributed by atoms with E-state index < -0.39 is 0 Å². The molecule has 21 heavy (non-hydrogen) atoms. The Morgan fingerprint density at radius 2 is 2.19 bits per heavy atom. The van der Waals surface area contributed by atoms with Gasteiger partial charge in [-0.3, -0.25) is 4.79 Å². The van der Waals surface area contributed by atoms with Crippen LogP contribution in [0.1, 0.15) is 15.9 Å². The molecule has 0 radical (unpaired) electrons. The second-order valence-electron chi connectivity index (χ2n) is 5.69. The van der Waals surface area contributed by atoms with Gasteiger partial charge in [-0.05, 0) is 58.3 Å². The first-order chi connectivity index (χ1) is 10.3. The average molecular weight is 296 g/mol. The lowest BCUT2D eigenvalue weighted by Crippen LogP contribution is -2.50. The van der Waals surface area contributed by atoms with Crippen LogP contribution in [0.3, 0.4) is 0 Å². The molecule has 0 saturated carbocycles. The van der Waals surface area contributed by atoms with Gasteiger partial charge in [0.05, 0.1) is 0 Å². The Balaban J connectivity index is 1.42. The molecule has 3 heterocycles. The van der Waals surface area contributed by atoms with E-state index in [1.54, 1.807) is 11.3 Å². The largest absolute Gasteiger partial charge is 0.361 e. The summed E-state index contributed by atoms with van der Waals surface area (Å²) in [6, 6.07) is 10.1. The first-order valence-electron chi connectivity index (χ1n) is 7.17. The van der Waals surface area contributed by atoms with Gasteiger partial charge >= 0.3 is 0 Å². The molecule has 4 heteroatoms. The minimum absolute atomic E-state index is 0.146. The van der Waals surface area contributed by atoms with E-state index in [2.05, 4.69) is 21.8 Å². The lowest BCUT2D eigenvalue weighted by molar-refractivity contribution is 0.0501. The van der Waals surface area contributed by atoms with E-state index in [-0.39, 0.29) is 5.91 Å². The first kappa shape index (κ1) is 12.7. The quantitative estimate of drug-likeness (QED) is 0.788. The molecule has 1 aliphatic heterocycles. The number of carbonyl (C=O) groups is 1. The molecule has 1 aromatic carbocycles. The molecule has 1 amide bonds. The summed E-state index contributed by atoms with van der Waals surface area (Å²) in [5.41, 5.74) is 3.19. The predicted molar refractivity (Wildman–Crippen MR) is 85.7 cm³/mol. The van der Waals surface area contributed by atoms with E-state index >= 15 is 0 Å². The van der Waals surface area contributed by atoms with E-state index in [1.165, 1.54) is 5.56 Å². The summed E-state index contributed by atoms with van der Waals surface area (Å²) < 4.78 is 0. The Morgan fingerprint density at radius 1 is 1.29 bits per heavy atom. The van der Waals surface area contributed by atoms with Crippen molar-refractivity contribution in [2.75, 3.05) is 13.1 Å². The van der Waals surface area contributed by atoms with Gasteiger partial charge in [0.25, 0.3) is 5.91 Å². The summed E-state index contributed by atoms with van der Waals surface area (Å²) in [4.78, 5) is 17.6. The molecular weight excluding hydrogens is 280 g/mol. The van der Waals surface area contributed by atoms with E-state index in [9.17, 15) is 4.79 Å². The highest BCUT2D eigenvalue weighted by Crippen LogP contribution is 2.24. The number of hydrogen-bond acceptors (Lipinski definition) is 2. The van der Waals surface area contributed by atoms with Crippen LogP contribution in [0.4, 0.5) is 0 Å². The minimum Gasteiger partial charge on any atom is -0.361 e. The average Bonchev–Trinajstić information content (AvgIpc) is 3.11. The third-order valence-corrected chi connectivity index (χ3v) is 4.88. The van der Waals surface area contributed by atoms with Crippen LogP contribution in [0.25, 0.3) is 10.9 Å². The summed E-state index contributed by atoms with van der Waals surface area (Å²) in [5.74, 6) is 0.755. The number of aromatic nitrogens is 1. The number of fused-ring (bicyclic) bond motifs is 1. The molecule has 3 nitrogen and oxygen atoms in total. The van der Waals surface area contributed by atoms with E-state index in [0.717, 1.165) is 36.0 Å². The fourth-order valence-corrected chi connectivity index (χ4v) is 3.65. The van der Waals surface area contributed by atoms with Crippen molar-refractivity contribution < 1.29 is 4.79 Å². The van der Waals surface area contributed by atoms with Crippen LogP contribution in [0.2, 0.25) is 0 Å². The highest BCUT2D eigenvalue weighted by Gasteiger charge is 2.31. The Labute approximate surface area is 127 Å². The molecule has 1 aliphatic rings. The smallest absolute Gasteiger partial charge is 0.253 e. The second kappa shape index (κ2) is 5.04. The maximum absolute atomic E-state index is 12.5. The van der Waals surface area contributed by atoms with Crippen LogP contribution in [0, 0.1) is 5.92 Å². The minimum atomic E-state index is 0.146. The van der Waals surface area contributed by atoms with Crippen LogP contribution < -0.4 is 0 Å². The van der Waals surface area contributed by atoms with Crippen molar-refractivity contribution in [1.29, 1.82) is 0 Å². The molecule has 0 bridgehead atoms. The Kier molecular flexibility index (Phi) is 3.04. The van der Waals surface area contributed by atoms with Gasteiger partial charge in [0.1, 0.15) is 0 Å². The molecule has 106 valence electrons. The number of aromatic amines is 1. The number of rotatable bonds is 3. The van der Waals surface area contributed by atoms with Gasteiger partial charge in [-0.25, -0.2) is 0 Å². The third kappa shape index (κ3) is 2.36. The maximum Gasteiger partial charge on any atom is 0.253 e. The second-order valence-corrected chi connectivity index (χ2v) is 6.47. The highest BCUT2D eigenvalue weighted by atomic mass is 32.1. The molecule has 3 aromatic rings. The number of carbonyl (C=O) groups excluding carboxylic acids is 1. The number of thiophene rings is 1. The van der Waals surface area contributed by atoms with E-state index in [4.69, 9.17) is 0 Å². The van der Waals surface area contributed by atoms with Crippen LogP contribution >= 0.6 is 11.3 Å². The molecule has 0 unspecified atom stereocenters. The number of nitrogens with one attached hydrogen (secondary N) is 1. The zero-order valence-electron chi connectivity index (χ0n) is 11.6. The maximum atomic E-state index is 12.5. The number of benzene rings is 1. The van der Waals surface area contributed by atoms with Crippen molar-refractivity contribution in [3.05, 3.63) is 58.4 Å². The number of nitrogens with zero attached hydrogens (tertiary/aromatic N) is 1. The number of H-pyrrole nitrogens is 1. The van der Waals surface area contributed by atoms with Crippen molar-refractivity contribution in [3.8, 4) is 0 Å². The topological polar surface area (TPSA) is 36.1 Å². The van der Waals surface area contributed by atoms with Crippen molar-refractivity contribution in [3.63, 3.8) is 0 Å². The molecule has 0 atom stereocenters. The van der Waals surface area contributed by atoms with Crippen molar-refractivity contribution in [2.24, 2.45) is 5.92 Å². The van der Waals surface area contributed by atoms with Gasteiger partial charge in [-0.15, -0.1) is 0 Å². The van der Waals surface area contributed by atoms with Gasteiger partial charge in [-0.1, -0.05) is 6.07 Å². The molecule has 2 aromatic heterocycles. The number of likely N-dealkylation sites (tertiary alicyclic amines) is 1. The van der Waals surface area contributed by atoms with Gasteiger partial charge < -0.3 is 9.88 Å². The Morgan fingerprint density at radius 3 is 3.00 bits per heavy atom. The molecule has 1 fully saturated rings. The van der Waals surface area contributed by atoms with Crippen LogP contribution in [-0.4, -0.2) is 28.9 Å². The first-order valence-corrected chi connectivity index (χ1v) is 8.11. The fraction of sp³-hybridized carbons (Fsp3) is 0.235. The summed E-state index contributed by atoms with van der Waals surface area (Å²) in [5, 5.41) is 5.46. The normalized spacial score (nSPS) is 15.3. The Hall–Kier alpha value is -2.07. The SMILES string of the molecule is O=C(c1ccc2cc[nH]c2c1)N1CC(Cc2ccsc2)C1. The van der Waals surface area contributed by atoms with E-state index in [0.29, 0.717) is 5.92 Å². The van der Waals surface area contributed by atoms with E-state index in [1.807, 2.05) is 35.4 Å². The zero-order valence-corrected chi connectivity index (χ0v) is 12.4. The number of amides is 1. The standard InChI is InChI=1S/C17H16N2OS/c20-17(15-2-1-14-3-5-18-16(14)8-15)19-9-13(10-19)7-12-4-6-21-11-12/h1-6,8,11,13,18H,7,9-10H2. The summed E-state index contributed by atoms with van der Waals surface area (Å²) in [6.45, 7) is 1.74. The van der Waals surface area contributed by atoms with Gasteiger partial charge in [0.2, 0.25) is 0 Å². The summed E-state index contributed by atoms with van der Waals surface area (Å²) in [6.07, 6.45) is 2.99. The van der Waals surface area contributed by atoms with Crippen molar-refractivity contribution >= 4 is 28.1 Å². The van der Waals surface area contributed by atoms with Crippen molar-refractivity contribution in [1.82, 2.24) is 9.88 Å². The zero-order chi connectivity index (χ0) is 14.2.